The van der Waals surface area contributed by atoms with Gasteiger partial charge in [0.2, 0.25) is 0 Å². The number of hydrogen-bond acceptors (Lipinski definition) is 2. The van der Waals surface area contributed by atoms with Crippen molar-refractivity contribution in [3.63, 3.8) is 0 Å². The SMILES string of the molecule is CC(C)C1=CNC2N=CC=CC12. The Morgan fingerprint density at radius 3 is 3.08 bits per heavy atom. The van der Waals surface area contributed by atoms with Crippen molar-refractivity contribution in [3.8, 4) is 0 Å². The van der Waals surface area contributed by atoms with E-state index in [4.69, 9.17) is 0 Å². The molecule has 1 N–H and O–H groups in total. The molecular weight excluding hydrogens is 148 g/mol. The second kappa shape index (κ2) is 2.77. The zero-order valence-corrected chi connectivity index (χ0v) is 7.49. The van der Waals surface area contributed by atoms with Crippen molar-refractivity contribution in [3.05, 3.63) is 23.9 Å². The lowest BCUT2D eigenvalue weighted by molar-refractivity contribution is 0.530. The standard InChI is InChI=1S/C10H14N2/c1-7(2)9-6-12-10-8(9)4-3-5-11-10/h3-8,10,12H,1-2H3. The van der Waals surface area contributed by atoms with Crippen LogP contribution in [0.1, 0.15) is 13.8 Å². The Kier molecular flexibility index (Phi) is 1.75. The first-order valence-electron chi connectivity index (χ1n) is 4.45. The molecule has 0 aliphatic carbocycles. The van der Waals surface area contributed by atoms with Crippen LogP contribution in [0.5, 0.6) is 0 Å². The third-order valence-corrected chi connectivity index (χ3v) is 2.46. The molecule has 12 heavy (non-hydrogen) atoms. The first-order valence-corrected chi connectivity index (χ1v) is 4.45. The zero-order chi connectivity index (χ0) is 8.55. The van der Waals surface area contributed by atoms with Crippen LogP contribution in [0.4, 0.5) is 0 Å². The van der Waals surface area contributed by atoms with Crippen LogP contribution in [-0.4, -0.2) is 12.4 Å². The average molecular weight is 162 g/mol. The fourth-order valence-electron chi connectivity index (χ4n) is 1.78. The molecule has 2 aliphatic heterocycles. The van der Waals surface area contributed by atoms with E-state index in [0.29, 0.717) is 11.8 Å². The van der Waals surface area contributed by atoms with Crippen molar-refractivity contribution in [1.29, 1.82) is 0 Å². The predicted molar refractivity (Wildman–Crippen MR) is 51.0 cm³/mol. The third kappa shape index (κ3) is 1.07. The largest absolute Gasteiger partial charge is 0.369 e. The van der Waals surface area contributed by atoms with Crippen molar-refractivity contribution in [2.24, 2.45) is 16.8 Å². The summed E-state index contributed by atoms with van der Waals surface area (Å²) >= 11 is 0. The zero-order valence-electron chi connectivity index (χ0n) is 7.49. The van der Waals surface area contributed by atoms with Crippen LogP contribution in [0.3, 0.4) is 0 Å². The number of aliphatic imine (C=N–C) groups is 1. The van der Waals surface area contributed by atoms with Crippen LogP contribution in [0.2, 0.25) is 0 Å². The van der Waals surface area contributed by atoms with Crippen molar-refractivity contribution < 1.29 is 0 Å². The molecule has 0 saturated carbocycles. The van der Waals surface area contributed by atoms with Gasteiger partial charge >= 0.3 is 0 Å². The highest BCUT2D eigenvalue weighted by Crippen LogP contribution is 2.30. The highest BCUT2D eigenvalue weighted by Gasteiger charge is 2.28. The summed E-state index contributed by atoms with van der Waals surface area (Å²) in [6, 6.07) is 0. The second-order valence-corrected chi connectivity index (χ2v) is 3.62. The lowest BCUT2D eigenvalue weighted by atomic mass is 9.90. The van der Waals surface area contributed by atoms with Gasteiger partial charge in [-0.25, -0.2) is 0 Å². The summed E-state index contributed by atoms with van der Waals surface area (Å²) in [5.41, 5.74) is 1.47. The molecule has 0 amide bonds. The molecule has 2 aliphatic rings. The lowest BCUT2D eigenvalue weighted by Gasteiger charge is -2.19. The lowest BCUT2D eigenvalue weighted by Crippen LogP contribution is -2.26. The van der Waals surface area contributed by atoms with E-state index in [9.17, 15) is 0 Å². The smallest absolute Gasteiger partial charge is 0.128 e. The van der Waals surface area contributed by atoms with E-state index in [1.807, 2.05) is 12.3 Å². The van der Waals surface area contributed by atoms with Crippen LogP contribution in [-0.2, 0) is 0 Å². The fraction of sp³-hybridized carbons (Fsp3) is 0.500. The number of hydrogen-bond donors (Lipinski definition) is 1. The van der Waals surface area contributed by atoms with Gasteiger partial charge in [0.15, 0.2) is 0 Å². The molecule has 2 unspecified atom stereocenters. The minimum absolute atomic E-state index is 0.271. The van der Waals surface area contributed by atoms with E-state index in [1.165, 1.54) is 5.57 Å². The van der Waals surface area contributed by atoms with Gasteiger partial charge in [-0.05, 0) is 23.8 Å². The molecular formula is C10H14N2. The Bertz CT molecular complexity index is 261. The van der Waals surface area contributed by atoms with Gasteiger partial charge in [-0.15, -0.1) is 0 Å². The third-order valence-electron chi connectivity index (χ3n) is 2.46. The normalized spacial score (nSPS) is 31.8. The van der Waals surface area contributed by atoms with Gasteiger partial charge in [-0.2, -0.15) is 0 Å². The van der Waals surface area contributed by atoms with Crippen LogP contribution in [0, 0.1) is 11.8 Å². The van der Waals surface area contributed by atoms with Gasteiger partial charge in [-0.1, -0.05) is 19.9 Å². The molecule has 0 aromatic carbocycles. The summed E-state index contributed by atoms with van der Waals surface area (Å²) < 4.78 is 0. The van der Waals surface area contributed by atoms with Gasteiger partial charge in [-0.3, -0.25) is 4.99 Å². The molecule has 64 valence electrons. The molecule has 0 aromatic rings. The molecule has 0 saturated heterocycles. The van der Waals surface area contributed by atoms with Gasteiger partial charge in [0.25, 0.3) is 0 Å². The maximum absolute atomic E-state index is 4.35. The van der Waals surface area contributed by atoms with Crippen LogP contribution in [0.25, 0.3) is 0 Å². The first kappa shape index (κ1) is 7.59. The predicted octanol–water partition coefficient (Wildman–Crippen LogP) is 1.71. The summed E-state index contributed by atoms with van der Waals surface area (Å²) in [7, 11) is 0. The number of dihydropyridines is 1. The average Bonchev–Trinajstić information content (AvgIpc) is 2.47. The Morgan fingerprint density at radius 2 is 2.33 bits per heavy atom. The van der Waals surface area contributed by atoms with Crippen molar-refractivity contribution >= 4 is 6.21 Å². The van der Waals surface area contributed by atoms with E-state index in [2.05, 4.69) is 36.4 Å². The summed E-state index contributed by atoms with van der Waals surface area (Å²) in [5, 5.41) is 3.28. The molecule has 2 heterocycles. The Morgan fingerprint density at radius 1 is 1.50 bits per heavy atom. The molecule has 2 nitrogen and oxygen atoms in total. The number of fused-ring (bicyclic) bond motifs is 1. The number of allylic oxidation sites excluding steroid dienone is 1. The van der Waals surface area contributed by atoms with Crippen molar-refractivity contribution in [2.45, 2.75) is 20.0 Å². The van der Waals surface area contributed by atoms with Crippen LogP contribution in [0.15, 0.2) is 28.9 Å². The molecule has 2 rings (SSSR count). The minimum Gasteiger partial charge on any atom is -0.369 e. The first-order chi connectivity index (χ1) is 5.79. The van der Waals surface area contributed by atoms with Crippen LogP contribution < -0.4 is 5.32 Å². The van der Waals surface area contributed by atoms with E-state index < -0.39 is 0 Å². The van der Waals surface area contributed by atoms with E-state index in [0.717, 1.165) is 0 Å². The maximum atomic E-state index is 4.35. The Balaban J connectivity index is 2.20. The van der Waals surface area contributed by atoms with E-state index in [-0.39, 0.29) is 6.17 Å². The molecule has 0 aromatic heterocycles. The van der Waals surface area contributed by atoms with Gasteiger partial charge in [0, 0.05) is 12.1 Å². The summed E-state index contributed by atoms with van der Waals surface area (Å²) in [5.74, 6) is 1.11. The Labute approximate surface area is 73.1 Å². The maximum Gasteiger partial charge on any atom is 0.128 e. The molecule has 2 heteroatoms. The summed E-state index contributed by atoms with van der Waals surface area (Å²) in [6.45, 7) is 4.45. The monoisotopic (exact) mass is 162 g/mol. The molecule has 0 bridgehead atoms. The molecule has 2 atom stereocenters. The van der Waals surface area contributed by atoms with Gasteiger partial charge < -0.3 is 5.32 Å². The summed E-state index contributed by atoms with van der Waals surface area (Å²) in [6.07, 6.45) is 8.51. The molecule has 0 fully saturated rings. The molecule has 0 spiro atoms. The number of nitrogens with zero attached hydrogens (tertiary/aromatic N) is 1. The van der Waals surface area contributed by atoms with E-state index in [1.54, 1.807) is 0 Å². The topological polar surface area (TPSA) is 24.4 Å². The van der Waals surface area contributed by atoms with Crippen molar-refractivity contribution in [1.82, 2.24) is 5.32 Å². The quantitative estimate of drug-likeness (QED) is 0.623. The highest BCUT2D eigenvalue weighted by molar-refractivity contribution is 5.72. The van der Waals surface area contributed by atoms with Gasteiger partial charge in [0.05, 0.1) is 0 Å². The summed E-state index contributed by atoms with van der Waals surface area (Å²) in [4.78, 5) is 4.35. The number of rotatable bonds is 1. The molecule has 0 radical (unpaired) electrons. The highest BCUT2D eigenvalue weighted by atomic mass is 15.1. The van der Waals surface area contributed by atoms with Crippen LogP contribution >= 0.6 is 0 Å². The van der Waals surface area contributed by atoms with Gasteiger partial charge in [0.1, 0.15) is 6.17 Å². The van der Waals surface area contributed by atoms with Crippen molar-refractivity contribution in [2.75, 3.05) is 0 Å². The minimum atomic E-state index is 0.271. The second-order valence-electron chi connectivity index (χ2n) is 3.62. The Hall–Kier alpha value is -1.05. The number of nitrogens with one attached hydrogen (secondary N) is 1. The fourth-order valence-corrected chi connectivity index (χ4v) is 1.78. The van der Waals surface area contributed by atoms with E-state index >= 15 is 0 Å².